The van der Waals surface area contributed by atoms with Gasteiger partial charge in [0.2, 0.25) is 0 Å². The Morgan fingerprint density at radius 3 is 1.58 bits per heavy atom. The van der Waals surface area contributed by atoms with Crippen molar-refractivity contribution in [1.82, 2.24) is 18.9 Å². The van der Waals surface area contributed by atoms with Gasteiger partial charge in [-0.3, -0.25) is 76.5 Å². The van der Waals surface area contributed by atoms with Gasteiger partial charge in [-0.1, -0.05) is 20.8 Å². The van der Waals surface area contributed by atoms with E-state index in [9.17, 15) is 57.5 Å². The smallest absolute Gasteiger partial charge is 0.263 e. The molecule has 4 heterocycles. The van der Waals surface area contributed by atoms with Gasteiger partial charge in [0.1, 0.15) is 12.6 Å². The maximum Gasteiger partial charge on any atom is 0.263 e. The van der Waals surface area contributed by atoms with Gasteiger partial charge < -0.3 is 0 Å². The number of amides is 4. The third kappa shape index (κ3) is 5.42. The SMILES string of the molecule is CC1=CC(=O)C(CN2C(=O)c3cc4c(cc3C2=O)C(=O)C(CC2(C)CC(n3c(=O)c5cc6c(=O)n(CN7C(=O)C=C(C)C7=O)c(=O)c6cc5c3=O)CC(C)(C)C2)C4=O)C1=O. The summed E-state index contributed by atoms with van der Waals surface area (Å²) in [6, 6.07) is 4.15. The normalized spacial score (nSPS) is 24.2. The molecule has 9 rings (SSSR count). The molecule has 1 saturated carbocycles. The van der Waals surface area contributed by atoms with Gasteiger partial charge in [-0.2, -0.15) is 0 Å². The van der Waals surface area contributed by atoms with Crippen LogP contribution in [0.3, 0.4) is 0 Å². The van der Waals surface area contributed by atoms with Crippen molar-refractivity contribution < 1.29 is 38.4 Å². The number of hydrogen-bond acceptors (Lipinski definition) is 12. The van der Waals surface area contributed by atoms with Crippen molar-refractivity contribution in [2.45, 2.75) is 73.0 Å². The highest BCUT2D eigenvalue weighted by Crippen LogP contribution is 2.54. The first kappa shape index (κ1) is 38.7. The van der Waals surface area contributed by atoms with E-state index in [0.29, 0.717) is 17.4 Å². The third-order valence-electron chi connectivity index (χ3n) is 13.0. The van der Waals surface area contributed by atoms with Crippen molar-refractivity contribution in [1.29, 1.82) is 0 Å². The van der Waals surface area contributed by atoms with E-state index in [2.05, 4.69) is 0 Å². The number of aromatic nitrogens is 2. The maximum atomic E-state index is 14.1. The summed E-state index contributed by atoms with van der Waals surface area (Å²) in [4.78, 5) is 161. The van der Waals surface area contributed by atoms with Gasteiger partial charge in [0.25, 0.3) is 45.9 Å². The van der Waals surface area contributed by atoms with Gasteiger partial charge in [-0.05, 0) is 86.3 Å². The number of rotatable bonds is 7. The number of carbonyl (C=O) groups excluding carboxylic acids is 8. The van der Waals surface area contributed by atoms with Gasteiger partial charge in [-0.15, -0.1) is 0 Å². The minimum atomic E-state index is -1.22. The fraction of sp³-hybridized carbons (Fsp3) is 0.364. The molecule has 4 amide bonds. The summed E-state index contributed by atoms with van der Waals surface area (Å²) in [7, 11) is 0. The average Bonchev–Trinajstić information content (AvgIpc) is 3.88. The van der Waals surface area contributed by atoms with Crippen LogP contribution in [0.15, 0.2) is 66.7 Å². The van der Waals surface area contributed by atoms with E-state index in [-0.39, 0.29) is 67.8 Å². The average molecular weight is 813 g/mol. The van der Waals surface area contributed by atoms with Crippen LogP contribution < -0.4 is 22.2 Å². The molecule has 3 aliphatic carbocycles. The molecule has 0 saturated heterocycles. The summed E-state index contributed by atoms with van der Waals surface area (Å²) in [5, 5.41) is -0.465. The zero-order chi connectivity index (χ0) is 43.2. The van der Waals surface area contributed by atoms with Crippen LogP contribution in [0, 0.1) is 22.7 Å². The predicted molar refractivity (Wildman–Crippen MR) is 211 cm³/mol. The van der Waals surface area contributed by atoms with E-state index in [4.69, 9.17) is 0 Å². The summed E-state index contributed by atoms with van der Waals surface area (Å²) in [6.07, 6.45) is 3.39. The lowest BCUT2D eigenvalue weighted by Gasteiger charge is -2.47. The van der Waals surface area contributed by atoms with Crippen LogP contribution in [-0.2, 0) is 25.8 Å². The first-order chi connectivity index (χ1) is 28.1. The van der Waals surface area contributed by atoms with Crippen molar-refractivity contribution in [3.05, 3.63) is 111 Å². The van der Waals surface area contributed by atoms with Crippen LogP contribution >= 0.6 is 0 Å². The van der Waals surface area contributed by atoms with Crippen LogP contribution in [0.4, 0.5) is 0 Å². The molecule has 3 unspecified atom stereocenters. The molecule has 2 aliphatic heterocycles. The number of hydrogen-bond donors (Lipinski definition) is 0. The molecule has 1 fully saturated rings. The lowest BCUT2D eigenvalue weighted by Crippen LogP contribution is -2.43. The molecule has 2 aromatic heterocycles. The standard InChI is InChI=1S/C44H36N4O12/c1-18-6-31(49)30(33(18)51)15-45-37(55)23-8-21-22(9-24(23)38(45)56)35(53)29(34(21)52)14-44(5)13-20(12-43(3,4)16-44)48-41(59)27-10-25-26(11-28(27)42(48)60)40(58)47(39(25)57)17-46-32(50)7-19(2)36(46)54/h6-11,20,29-30H,12-17H2,1-5H3. The Labute approximate surface area is 338 Å². The molecule has 0 bridgehead atoms. The highest BCUT2D eigenvalue weighted by atomic mass is 16.2. The summed E-state index contributed by atoms with van der Waals surface area (Å²) in [5.74, 6) is -7.37. The van der Waals surface area contributed by atoms with E-state index in [1.807, 2.05) is 20.8 Å². The molecular formula is C44H36N4O12. The second-order valence-electron chi connectivity index (χ2n) is 18.0. The van der Waals surface area contributed by atoms with Crippen LogP contribution in [0.1, 0.15) is 108 Å². The molecular weight excluding hydrogens is 776 g/mol. The number of nitrogens with zero attached hydrogens (tertiary/aromatic N) is 4. The minimum absolute atomic E-state index is 0.0195. The van der Waals surface area contributed by atoms with Gasteiger partial charge in [0.05, 0.1) is 38.6 Å². The molecule has 16 nitrogen and oxygen atoms in total. The molecule has 5 aliphatic rings. The lowest BCUT2D eigenvalue weighted by molar-refractivity contribution is -0.139. The Hall–Kier alpha value is -6.84. The van der Waals surface area contributed by atoms with E-state index >= 15 is 0 Å². The highest BCUT2D eigenvalue weighted by molar-refractivity contribution is 6.30. The van der Waals surface area contributed by atoms with E-state index in [1.165, 1.54) is 44.2 Å². The lowest BCUT2D eigenvalue weighted by atomic mass is 9.59. The quantitative estimate of drug-likeness (QED) is 0.194. The third-order valence-corrected chi connectivity index (χ3v) is 13.0. The van der Waals surface area contributed by atoms with Gasteiger partial charge in [0, 0.05) is 35.4 Å². The summed E-state index contributed by atoms with van der Waals surface area (Å²) in [5.41, 5.74) is -4.20. The molecule has 60 heavy (non-hydrogen) atoms. The Balaban J connectivity index is 0.992. The minimum Gasteiger partial charge on any atom is -0.294 e. The second-order valence-corrected chi connectivity index (χ2v) is 18.0. The predicted octanol–water partition coefficient (Wildman–Crippen LogP) is 2.34. The Kier molecular flexibility index (Phi) is 8.11. The molecule has 0 spiro atoms. The summed E-state index contributed by atoms with van der Waals surface area (Å²) < 4.78 is 1.83. The Morgan fingerprint density at radius 2 is 1.10 bits per heavy atom. The van der Waals surface area contributed by atoms with Crippen molar-refractivity contribution in [3.8, 4) is 0 Å². The van der Waals surface area contributed by atoms with Crippen LogP contribution in [0.2, 0.25) is 0 Å². The molecule has 0 N–H and O–H groups in total. The summed E-state index contributed by atoms with van der Waals surface area (Å²) >= 11 is 0. The van der Waals surface area contributed by atoms with Gasteiger partial charge >= 0.3 is 0 Å². The monoisotopic (exact) mass is 812 g/mol. The van der Waals surface area contributed by atoms with Gasteiger partial charge in [0.15, 0.2) is 23.1 Å². The van der Waals surface area contributed by atoms with E-state index in [1.54, 1.807) is 0 Å². The molecule has 304 valence electrons. The summed E-state index contributed by atoms with van der Waals surface area (Å²) in [6.45, 7) is 7.59. The molecule has 4 aromatic rings. The van der Waals surface area contributed by atoms with Gasteiger partial charge in [-0.25, -0.2) is 0 Å². The van der Waals surface area contributed by atoms with Crippen molar-refractivity contribution in [3.63, 3.8) is 0 Å². The number of Topliss-reactive ketones (excluding diaryl/α,β-unsaturated/α-hetero) is 3. The van der Waals surface area contributed by atoms with Crippen molar-refractivity contribution in [2.24, 2.45) is 22.7 Å². The molecule has 0 radical (unpaired) electrons. The van der Waals surface area contributed by atoms with Crippen molar-refractivity contribution >= 4 is 68.3 Å². The van der Waals surface area contributed by atoms with Crippen LogP contribution in [0.5, 0.6) is 0 Å². The topological polar surface area (TPSA) is 221 Å². The zero-order valence-corrected chi connectivity index (χ0v) is 33.1. The first-order valence-electron chi connectivity index (χ1n) is 19.5. The number of fused-ring (bicyclic) bond motifs is 4. The maximum absolute atomic E-state index is 14.1. The van der Waals surface area contributed by atoms with Crippen LogP contribution in [-0.4, -0.2) is 72.2 Å². The van der Waals surface area contributed by atoms with E-state index < -0.39 is 111 Å². The zero-order valence-electron chi connectivity index (χ0n) is 33.1. The van der Waals surface area contributed by atoms with Crippen LogP contribution in [0.25, 0.3) is 21.5 Å². The fourth-order valence-corrected chi connectivity index (χ4v) is 10.6. The second kappa shape index (κ2) is 12.6. The molecule has 3 atom stereocenters. The highest BCUT2D eigenvalue weighted by Gasteiger charge is 2.50. The molecule has 2 aromatic carbocycles. The number of ketones is 4. The number of allylic oxidation sites excluding steroid dienone is 2. The first-order valence-corrected chi connectivity index (χ1v) is 19.5. The Morgan fingerprint density at radius 1 is 0.567 bits per heavy atom. The van der Waals surface area contributed by atoms with Crippen molar-refractivity contribution in [2.75, 3.05) is 6.54 Å². The number of benzene rings is 2. The Bertz CT molecular complexity index is 3000. The molecule has 16 heteroatoms. The van der Waals surface area contributed by atoms with E-state index in [0.717, 1.165) is 20.4 Å². The largest absolute Gasteiger partial charge is 0.294 e. The number of imide groups is 2. The number of carbonyl (C=O) groups is 8. The fourth-order valence-electron chi connectivity index (χ4n) is 10.6.